The van der Waals surface area contributed by atoms with Crippen molar-refractivity contribution in [2.45, 2.75) is 37.3 Å². The topological polar surface area (TPSA) is 41.5 Å². The van der Waals surface area contributed by atoms with Gasteiger partial charge in [-0.2, -0.15) is 0 Å². The molecule has 2 fully saturated rings. The molecule has 3 rings (SSSR count). The van der Waals surface area contributed by atoms with Crippen molar-refractivity contribution in [2.24, 2.45) is 5.92 Å². The molecular formula is C15H21NO2. The van der Waals surface area contributed by atoms with Gasteiger partial charge in [-0.15, -0.1) is 0 Å². The van der Waals surface area contributed by atoms with Crippen LogP contribution < -0.4 is 10.1 Å². The number of aliphatic hydroxyl groups is 1. The summed E-state index contributed by atoms with van der Waals surface area (Å²) >= 11 is 0. The Kier molecular flexibility index (Phi) is 2.65. The lowest BCUT2D eigenvalue weighted by atomic mass is 9.86. The Morgan fingerprint density at radius 2 is 2.17 bits per heavy atom. The van der Waals surface area contributed by atoms with Gasteiger partial charge in [-0.25, -0.2) is 0 Å². The fraction of sp³-hybridized carbons (Fsp3) is 0.600. The molecule has 3 nitrogen and oxygen atoms in total. The fourth-order valence-corrected chi connectivity index (χ4v) is 3.51. The second-order valence-electron chi connectivity index (χ2n) is 5.89. The molecule has 18 heavy (non-hydrogen) atoms. The number of ether oxygens (including phenoxy) is 1. The monoisotopic (exact) mass is 247 g/mol. The summed E-state index contributed by atoms with van der Waals surface area (Å²) in [6.45, 7) is 3.01. The molecule has 1 aliphatic carbocycles. The maximum absolute atomic E-state index is 10.8. The van der Waals surface area contributed by atoms with E-state index in [1.54, 1.807) is 7.11 Å². The summed E-state index contributed by atoms with van der Waals surface area (Å²) < 4.78 is 5.15. The first-order chi connectivity index (χ1) is 8.57. The summed E-state index contributed by atoms with van der Waals surface area (Å²) in [5.74, 6) is 1.53. The number of hydrogen-bond donors (Lipinski definition) is 2. The van der Waals surface area contributed by atoms with Crippen LogP contribution in [0, 0.1) is 5.92 Å². The maximum Gasteiger partial charge on any atom is 0.118 e. The first kappa shape index (κ1) is 12.0. The second-order valence-corrected chi connectivity index (χ2v) is 5.89. The Balaban J connectivity index is 1.75. The third kappa shape index (κ3) is 1.73. The van der Waals surface area contributed by atoms with Crippen molar-refractivity contribution in [1.29, 1.82) is 0 Å². The van der Waals surface area contributed by atoms with E-state index >= 15 is 0 Å². The lowest BCUT2D eigenvalue weighted by Crippen LogP contribution is -2.51. The van der Waals surface area contributed by atoms with Crippen LogP contribution in [0.3, 0.4) is 0 Å². The standard InChI is InChI=1S/C15H21NO2/c1-14(17,15-10-12(15)7-8-16-15)9-11-3-5-13(18-2)6-4-11/h3-6,12,16-17H,7-10H2,1-2H3/t12?,14-,15+/m1/s1. The first-order valence-electron chi connectivity index (χ1n) is 6.68. The van der Waals surface area contributed by atoms with Crippen molar-refractivity contribution >= 4 is 0 Å². The van der Waals surface area contributed by atoms with E-state index < -0.39 is 5.60 Å². The molecule has 1 saturated carbocycles. The number of methoxy groups -OCH3 is 1. The highest BCUT2D eigenvalue weighted by Crippen LogP contribution is 2.56. The average Bonchev–Trinajstić information content (AvgIpc) is 2.93. The minimum Gasteiger partial charge on any atom is -0.497 e. The summed E-state index contributed by atoms with van der Waals surface area (Å²) in [6, 6.07) is 7.98. The van der Waals surface area contributed by atoms with E-state index in [1.165, 1.54) is 6.42 Å². The molecule has 2 aliphatic rings. The molecule has 0 spiro atoms. The Labute approximate surface area is 108 Å². The maximum atomic E-state index is 10.8. The summed E-state index contributed by atoms with van der Waals surface area (Å²) in [5, 5.41) is 14.3. The normalized spacial score (nSPS) is 32.7. The van der Waals surface area contributed by atoms with Crippen LogP contribution in [-0.4, -0.2) is 29.9 Å². The van der Waals surface area contributed by atoms with Gasteiger partial charge in [0, 0.05) is 6.42 Å². The van der Waals surface area contributed by atoms with Gasteiger partial charge in [0.2, 0.25) is 0 Å². The van der Waals surface area contributed by atoms with Crippen molar-refractivity contribution in [2.75, 3.05) is 13.7 Å². The summed E-state index contributed by atoms with van der Waals surface area (Å²) in [6.07, 6.45) is 3.02. The molecule has 1 aromatic carbocycles. The molecule has 3 atom stereocenters. The number of nitrogens with one attached hydrogen (secondary N) is 1. The average molecular weight is 247 g/mol. The predicted octanol–water partition coefficient (Wildman–Crippen LogP) is 1.74. The van der Waals surface area contributed by atoms with Crippen molar-refractivity contribution in [3.8, 4) is 5.75 Å². The van der Waals surface area contributed by atoms with Crippen molar-refractivity contribution in [1.82, 2.24) is 5.32 Å². The molecule has 1 aromatic rings. The van der Waals surface area contributed by atoms with Gasteiger partial charge < -0.3 is 15.2 Å². The molecule has 1 aliphatic heterocycles. The van der Waals surface area contributed by atoms with E-state index in [9.17, 15) is 5.11 Å². The number of benzene rings is 1. The summed E-state index contributed by atoms with van der Waals surface area (Å²) in [5.41, 5.74) is 0.477. The first-order valence-corrected chi connectivity index (χ1v) is 6.68. The van der Waals surface area contributed by atoms with E-state index in [4.69, 9.17) is 4.74 Å². The largest absolute Gasteiger partial charge is 0.497 e. The minimum atomic E-state index is -0.664. The van der Waals surface area contributed by atoms with E-state index in [-0.39, 0.29) is 5.54 Å². The predicted molar refractivity (Wildman–Crippen MR) is 70.8 cm³/mol. The lowest BCUT2D eigenvalue weighted by Gasteiger charge is -2.33. The Morgan fingerprint density at radius 1 is 1.44 bits per heavy atom. The van der Waals surface area contributed by atoms with Crippen molar-refractivity contribution in [3.63, 3.8) is 0 Å². The van der Waals surface area contributed by atoms with Crippen LogP contribution in [0.15, 0.2) is 24.3 Å². The van der Waals surface area contributed by atoms with Gasteiger partial charge >= 0.3 is 0 Å². The van der Waals surface area contributed by atoms with E-state index in [2.05, 4.69) is 5.32 Å². The van der Waals surface area contributed by atoms with Crippen LogP contribution in [0.4, 0.5) is 0 Å². The van der Waals surface area contributed by atoms with Gasteiger partial charge in [0.1, 0.15) is 5.75 Å². The summed E-state index contributed by atoms with van der Waals surface area (Å²) in [4.78, 5) is 0. The molecule has 0 radical (unpaired) electrons. The van der Waals surface area contributed by atoms with E-state index in [1.807, 2.05) is 31.2 Å². The Hall–Kier alpha value is -1.06. The van der Waals surface area contributed by atoms with E-state index in [0.29, 0.717) is 12.3 Å². The van der Waals surface area contributed by atoms with Crippen LogP contribution in [-0.2, 0) is 6.42 Å². The Morgan fingerprint density at radius 3 is 2.67 bits per heavy atom. The quantitative estimate of drug-likeness (QED) is 0.851. The number of rotatable bonds is 4. The zero-order valence-electron chi connectivity index (χ0n) is 11.1. The summed E-state index contributed by atoms with van der Waals surface area (Å²) in [7, 11) is 1.67. The molecular weight excluding hydrogens is 226 g/mol. The Bertz CT molecular complexity index is 440. The minimum absolute atomic E-state index is 0.0209. The zero-order valence-corrected chi connectivity index (χ0v) is 11.1. The molecule has 1 saturated heterocycles. The van der Waals surface area contributed by atoms with Crippen molar-refractivity contribution < 1.29 is 9.84 Å². The van der Waals surface area contributed by atoms with Crippen LogP contribution in [0.2, 0.25) is 0 Å². The second kappa shape index (κ2) is 3.97. The van der Waals surface area contributed by atoms with Gasteiger partial charge in [0.05, 0.1) is 18.2 Å². The number of piperidine rings is 1. The number of fused-ring (bicyclic) bond motifs is 1. The van der Waals surface area contributed by atoms with Crippen LogP contribution in [0.25, 0.3) is 0 Å². The van der Waals surface area contributed by atoms with Crippen LogP contribution in [0.5, 0.6) is 5.75 Å². The van der Waals surface area contributed by atoms with Gasteiger partial charge in [-0.1, -0.05) is 12.1 Å². The highest BCUT2D eigenvalue weighted by Gasteiger charge is 2.66. The molecule has 1 heterocycles. The highest BCUT2D eigenvalue weighted by molar-refractivity contribution is 5.31. The molecule has 0 aromatic heterocycles. The third-order valence-corrected chi connectivity index (χ3v) is 4.71. The molecule has 98 valence electrons. The van der Waals surface area contributed by atoms with Crippen molar-refractivity contribution in [3.05, 3.63) is 29.8 Å². The molecule has 3 heteroatoms. The third-order valence-electron chi connectivity index (χ3n) is 4.71. The van der Waals surface area contributed by atoms with Crippen LogP contribution in [0.1, 0.15) is 25.3 Å². The smallest absolute Gasteiger partial charge is 0.118 e. The SMILES string of the molecule is COc1ccc(C[C@@](C)(O)[C@]23CC2CCN3)cc1. The number of hydrogen-bond acceptors (Lipinski definition) is 3. The molecule has 0 bridgehead atoms. The molecule has 2 N–H and O–H groups in total. The van der Waals surface area contributed by atoms with Gasteiger partial charge in [0.25, 0.3) is 0 Å². The molecule has 1 unspecified atom stereocenters. The van der Waals surface area contributed by atoms with Gasteiger partial charge in [-0.05, 0) is 49.9 Å². The van der Waals surface area contributed by atoms with Gasteiger partial charge in [0.15, 0.2) is 0 Å². The zero-order chi connectivity index (χ0) is 12.8. The van der Waals surface area contributed by atoms with Gasteiger partial charge in [-0.3, -0.25) is 0 Å². The highest BCUT2D eigenvalue weighted by atomic mass is 16.5. The fourth-order valence-electron chi connectivity index (χ4n) is 3.51. The van der Waals surface area contributed by atoms with E-state index in [0.717, 1.165) is 24.3 Å². The molecule has 0 amide bonds. The van der Waals surface area contributed by atoms with Crippen LogP contribution >= 0.6 is 0 Å². The lowest BCUT2D eigenvalue weighted by molar-refractivity contribution is 0.00943.